The van der Waals surface area contributed by atoms with Crippen LogP contribution in [0.2, 0.25) is 0 Å². The molecule has 0 unspecified atom stereocenters. The summed E-state index contributed by atoms with van der Waals surface area (Å²) in [5, 5.41) is 24.3. The first-order chi connectivity index (χ1) is 16.9. The number of hydrogen-bond donors (Lipinski definition) is 0. The van der Waals surface area contributed by atoms with E-state index in [1.54, 1.807) is 49.4 Å². The van der Waals surface area contributed by atoms with E-state index < -0.39 is 23.3 Å². The second-order valence-electron chi connectivity index (χ2n) is 7.36. The first-order valence-electron chi connectivity index (χ1n) is 10.6. The minimum absolute atomic E-state index is 0.0488. The molecular formula is C25H19N3O7. The lowest BCUT2D eigenvalue weighted by molar-refractivity contribution is -0.580. The highest BCUT2D eigenvalue weighted by atomic mass is 16.6. The average Bonchev–Trinajstić information content (AvgIpc) is 2.88. The number of nitro benzene ring substituents is 1. The van der Waals surface area contributed by atoms with E-state index >= 15 is 0 Å². The number of ether oxygens (including phenoxy) is 2. The standard InChI is InChI=1S/C25H19N3O7/c1-2-34-19-11-12-20-22(14-19)27(31)23(24(29)16-7-4-3-5-8-16)21(26-20)15-35-25(30)17-9-6-10-18(13-17)28(32)33/h3-14H,2,15H2,1H3. The number of hydrogen-bond acceptors (Lipinski definition) is 8. The number of nitro groups is 1. The SMILES string of the molecule is CCOc1ccc2nc(COC(=O)c3cccc([N+](=O)[O-])c3)c(C(=O)c3ccccc3)[n+]([O-])c2c1. The summed E-state index contributed by atoms with van der Waals surface area (Å²) in [6, 6.07) is 17.9. The quantitative estimate of drug-likeness (QED) is 0.0942. The third kappa shape index (κ3) is 4.91. The van der Waals surface area contributed by atoms with Crippen molar-refractivity contribution in [2.75, 3.05) is 6.61 Å². The molecule has 0 saturated heterocycles. The minimum atomic E-state index is -0.863. The summed E-state index contributed by atoms with van der Waals surface area (Å²) in [4.78, 5) is 40.6. The summed E-state index contributed by atoms with van der Waals surface area (Å²) in [5.74, 6) is -1.02. The molecule has 1 heterocycles. The largest absolute Gasteiger partial charge is 0.618 e. The molecule has 0 N–H and O–H groups in total. The number of rotatable bonds is 8. The molecule has 0 radical (unpaired) electrons. The first-order valence-corrected chi connectivity index (χ1v) is 10.6. The summed E-state index contributed by atoms with van der Waals surface area (Å²) in [6.07, 6.45) is 0. The van der Waals surface area contributed by atoms with E-state index in [1.165, 1.54) is 24.3 Å². The third-order valence-corrected chi connectivity index (χ3v) is 5.09. The Kier molecular flexibility index (Phi) is 6.63. The Balaban J connectivity index is 1.74. The van der Waals surface area contributed by atoms with Crippen LogP contribution in [0.1, 0.15) is 39.0 Å². The van der Waals surface area contributed by atoms with Crippen LogP contribution in [-0.2, 0) is 11.3 Å². The molecule has 0 aliphatic carbocycles. The monoisotopic (exact) mass is 473 g/mol. The van der Waals surface area contributed by atoms with Gasteiger partial charge in [-0.05, 0) is 25.1 Å². The summed E-state index contributed by atoms with van der Waals surface area (Å²) in [5.41, 5.74) is -0.0320. The maximum Gasteiger partial charge on any atom is 0.338 e. The number of carbonyl (C=O) groups excluding carboxylic acids is 2. The van der Waals surface area contributed by atoms with Gasteiger partial charge in [-0.25, -0.2) is 9.78 Å². The molecule has 35 heavy (non-hydrogen) atoms. The minimum Gasteiger partial charge on any atom is -0.618 e. The Bertz CT molecular complexity index is 1440. The van der Waals surface area contributed by atoms with Crippen LogP contribution in [0.5, 0.6) is 5.75 Å². The highest BCUT2D eigenvalue weighted by Gasteiger charge is 2.28. The van der Waals surface area contributed by atoms with Gasteiger partial charge in [-0.3, -0.25) is 14.9 Å². The third-order valence-electron chi connectivity index (χ3n) is 5.09. The zero-order valence-electron chi connectivity index (χ0n) is 18.5. The number of carbonyl (C=O) groups is 2. The Hall–Kier alpha value is -4.86. The van der Waals surface area contributed by atoms with Gasteiger partial charge < -0.3 is 14.7 Å². The average molecular weight is 473 g/mol. The van der Waals surface area contributed by atoms with Crippen LogP contribution in [0.15, 0.2) is 72.8 Å². The number of esters is 1. The highest BCUT2D eigenvalue weighted by molar-refractivity contribution is 6.07. The van der Waals surface area contributed by atoms with Gasteiger partial charge in [0.05, 0.1) is 23.2 Å². The second-order valence-corrected chi connectivity index (χ2v) is 7.36. The predicted molar refractivity (Wildman–Crippen MR) is 124 cm³/mol. The van der Waals surface area contributed by atoms with Crippen LogP contribution in [0.3, 0.4) is 0 Å². The number of fused-ring (bicyclic) bond motifs is 1. The summed E-state index contributed by atoms with van der Waals surface area (Å²) in [7, 11) is 0. The molecule has 0 aliphatic heterocycles. The molecule has 0 bridgehead atoms. The van der Waals surface area contributed by atoms with Crippen molar-refractivity contribution < 1.29 is 28.7 Å². The van der Waals surface area contributed by atoms with Gasteiger partial charge >= 0.3 is 5.97 Å². The summed E-state index contributed by atoms with van der Waals surface area (Å²) < 4.78 is 11.2. The molecule has 176 valence electrons. The molecule has 4 aromatic rings. The van der Waals surface area contributed by atoms with Crippen molar-refractivity contribution in [2.45, 2.75) is 13.5 Å². The molecule has 10 heteroatoms. The number of ketones is 1. The van der Waals surface area contributed by atoms with Crippen molar-refractivity contribution >= 4 is 28.5 Å². The van der Waals surface area contributed by atoms with Gasteiger partial charge in [0.2, 0.25) is 5.52 Å². The Morgan fingerprint density at radius 2 is 1.74 bits per heavy atom. The summed E-state index contributed by atoms with van der Waals surface area (Å²) >= 11 is 0. The van der Waals surface area contributed by atoms with Crippen molar-refractivity contribution in [3.05, 3.63) is 111 Å². The number of nitrogens with zero attached hydrogens (tertiary/aromatic N) is 3. The van der Waals surface area contributed by atoms with Gasteiger partial charge in [-0.1, -0.05) is 36.4 Å². The number of benzene rings is 3. The van der Waals surface area contributed by atoms with Gasteiger partial charge in [0, 0.05) is 17.7 Å². The van der Waals surface area contributed by atoms with Crippen LogP contribution >= 0.6 is 0 Å². The molecular weight excluding hydrogens is 454 g/mol. The molecule has 3 aromatic carbocycles. The van der Waals surface area contributed by atoms with Crippen molar-refractivity contribution in [1.29, 1.82) is 0 Å². The fraction of sp³-hybridized carbons (Fsp3) is 0.120. The molecule has 1 aromatic heterocycles. The van der Waals surface area contributed by atoms with Crippen LogP contribution in [0, 0.1) is 15.3 Å². The van der Waals surface area contributed by atoms with Gasteiger partial charge in [-0.2, -0.15) is 4.73 Å². The molecule has 0 spiro atoms. The molecule has 10 nitrogen and oxygen atoms in total. The van der Waals surface area contributed by atoms with Gasteiger partial charge in [0.25, 0.3) is 17.2 Å². The van der Waals surface area contributed by atoms with Crippen molar-refractivity contribution in [1.82, 2.24) is 4.98 Å². The van der Waals surface area contributed by atoms with E-state index in [2.05, 4.69) is 4.98 Å². The second kappa shape index (κ2) is 9.96. The summed E-state index contributed by atoms with van der Waals surface area (Å²) in [6.45, 7) is 1.69. The molecule has 0 saturated carbocycles. The maximum absolute atomic E-state index is 13.3. The smallest absolute Gasteiger partial charge is 0.338 e. The lowest BCUT2D eigenvalue weighted by Gasteiger charge is -2.13. The molecule has 0 aliphatic rings. The fourth-order valence-electron chi connectivity index (χ4n) is 3.47. The normalized spacial score (nSPS) is 10.7. The van der Waals surface area contributed by atoms with Crippen molar-refractivity contribution in [3.63, 3.8) is 0 Å². The van der Waals surface area contributed by atoms with Gasteiger partial charge in [-0.15, -0.1) is 0 Å². The fourth-order valence-corrected chi connectivity index (χ4v) is 3.47. The van der Waals surface area contributed by atoms with Gasteiger partial charge in [0.15, 0.2) is 5.69 Å². The van der Waals surface area contributed by atoms with Crippen LogP contribution in [-0.4, -0.2) is 28.3 Å². The van der Waals surface area contributed by atoms with Crippen molar-refractivity contribution in [3.8, 4) is 5.75 Å². The Morgan fingerprint density at radius 3 is 2.46 bits per heavy atom. The zero-order chi connectivity index (χ0) is 24.9. The Labute approximate surface area is 199 Å². The highest BCUT2D eigenvalue weighted by Crippen LogP contribution is 2.21. The van der Waals surface area contributed by atoms with E-state index in [4.69, 9.17) is 9.47 Å². The van der Waals surface area contributed by atoms with Crippen molar-refractivity contribution in [2.24, 2.45) is 0 Å². The van der Waals surface area contributed by atoms with E-state index in [0.29, 0.717) is 17.1 Å². The topological polar surface area (TPSA) is 136 Å². The van der Waals surface area contributed by atoms with Crippen LogP contribution < -0.4 is 9.47 Å². The van der Waals surface area contributed by atoms with E-state index in [-0.39, 0.29) is 39.2 Å². The first kappa shape index (κ1) is 23.3. The maximum atomic E-state index is 13.3. The van der Waals surface area contributed by atoms with Gasteiger partial charge in [0.1, 0.15) is 17.9 Å². The Morgan fingerprint density at radius 1 is 1.00 bits per heavy atom. The lowest BCUT2D eigenvalue weighted by Crippen LogP contribution is -2.38. The molecule has 0 amide bonds. The van der Waals surface area contributed by atoms with E-state index in [1.807, 2.05) is 0 Å². The van der Waals surface area contributed by atoms with E-state index in [0.717, 1.165) is 6.07 Å². The molecule has 4 rings (SSSR count). The van der Waals surface area contributed by atoms with E-state index in [9.17, 15) is 24.9 Å². The van der Waals surface area contributed by atoms with Crippen LogP contribution in [0.4, 0.5) is 5.69 Å². The number of aromatic nitrogens is 2. The van der Waals surface area contributed by atoms with Crippen LogP contribution in [0.25, 0.3) is 11.0 Å². The molecule has 0 fully saturated rings. The zero-order valence-corrected chi connectivity index (χ0v) is 18.5. The molecule has 0 atom stereocenters. The lowest BCUT2D eigenvalue weighted by atomic mass is 10.1. The predicted octanol–water partition coefficient (Wildman–Crippen LogP) is 3.76. The number of non-ortho nitro benzene ring substituents is 1.